The number of nitro benzene ring substituents is 1. The molecule has 0 aliphatic rings. The lowest BCUT2D eigenvalue weighted by Gasteiger charge is -2.11. The second-order valence-electron chi connectivity index (χ2n) is 10.3. The molecule has 0 unspecified atom stereocenters. The van der Waals surface area contributed by atoms with E-state index in [1.165, 1.54) is 19.4 Å². The Morgan fingerprint density at radius 2 is 1.67 bits per heavy atom. The van der Waals surface area contributed by atoms with Gasteiger partial charge in [-0.15, -0.1) is 11.3 Å². The van der Waals surface area contributed by atoms with Crippen molar-refractivity contribution in [2.75, 3.05) is 25.3 Å². The van der Waals surface area contributed by atoms with Gasteiger partial charge in [0.2, 0.25) is 5.95 Å². The van der Waals surface area contributed by atoms with Gasteiger partial charge < -0.3 is 34.6 Å². The summed E-state index contributed by atoms with van der Waals surface area (Å²) in [5.41, 5.74) is -2.25. The van der Waals surface area contributed by atoms with E-state index in [4.69, 9.17) is 46.2 Å². The maximum atomic E-state index is 12.6. The number of ether oxygens (including phenoxy) is 2. The van der Waals surface area contributed by atoms with Gasteiger partial charge in [-0.05, 0) is 42.6 Å². The molecule has 2 aromatic heterocycles. The number of aromatic carboxylic acids is 2. The van der Waals surface area contributed by atoms with Crippen molar-refractivity contribution in [1.82, 2.24) is 25.0 Å². The lowest BCUT2D eigenvalue weighted by molar-refractivity contribution is -0.385. The summed E-state index contributed by atoms with van der Waals surface area (Å²) in [7, 11) is -7.16. The van der Waals surface area contributed by atoms with Gasteiger partial charge in [0.15, 0.2) is 0 Å². The molecule has 0 atom stereocenters. The predicted octanol–water partition coefficient (Wildman–Crippen LogP) is 4.01. The van der Waals surface area contributed by atoms with Crippen LogP contribution in [0, 0.1) is 17.0 Å². The van der Waals surface area contributed by atoms with Crippen molar-refractivity contribution in [3.63, 3.8) is 0 Å². The fraction of sp³-hybridized carbons (Fsp3) is 0.179. The highest BCUT2D eigenvalue weighted by molar-refractivity contribution is 7.90. The number of methoxy groups -OCH3 is 1. The van der Waals surface area contributed by atoms with E-state index in [2.05, 4.69) is 25.6 Å². The number of benzene rings is 2. The Kier molecular flexibility index (Phi) is 16.9. The van der Waals surface area contributed by atoms with Crippen LogP contribution in [0.1, 0.15) is 31.4 Å². The van der Waals surface area contributed by atoms with Crippen LogP contribution < -0.4 is 24.8 Å². The minimum Gasteiger partial charge on any atom is -0.480 e. The molecule has 0 bridgehead atoms. The van der Waals surface area contributed by atoms with Gasteiger partial charge in [-0.3, -0.25) is 30.1 Å². The number of nitrogens with one attached hydrogen (secondary N) is 3. The average molecular weight is 904 g/mol. The Morgan fingerprint density at radius 3 is 2.19 bits per heavy atom. The van der Waals surface area contributed by atoms with Gasteiger partial charge in [-0.2, -0.15) is 28.1 Å². The maximum absolute atomic E-state index is 12.6. The number of carboxylic acids is 3. The minimum atomic E-state index is -4.58. The quantitative estimate of drug-likeness (QED) is 0.0533. The highest BCUT2D eigenvalue weighted by Gasteiger charge is 2.31. The van der Waals surface area contributed by atoms with Crippen LogP contribution in [0.2, 0.25) is 5.02 Å². The smallest absolute Gasteiger partial charge is 0.416 e. The molecule has 0 aliphatic carbocycles. The molecule has 0 radical (unpaired) electrons. The number of hydrogen-bond donors (Lipinski definition) is 8. The lowest BCUT2D eigenvalue weighted by Crippen LogP contribution is -2.35. The third-order valence-electron chi connectivity index (χ3n) is 5.95. The lowest BCUT2D eigenvalue weighted by atomic mass is 10.1. The Morgan fingerprint density at radius 1 is 1.02 bits per heavy atom. The first-order chi connectivity index (χ1) is 26.7. The van der Waals surface area contributed by atoms with Crippen LogP contribution in [-0.2, 0) is 25.6 Å². The fourth-order valence-electron chi connectivity index (χ4n) is 3.68. The van der Waals surface area contributed by atoms with Gasteiger partial charge in [0.25, 0.3) is 15.7 Å². The number of carbonyl (C=O) groups is 4. The molecule has 30 heteroatoms. The highest BCUT2D eigenvalue weighted by Crippen LogP contribution is 2.37. The highest BCUT2D eigenvalue weighted by atomic mass is 35.5. The van der Waals surface area contributed by atoms with E-state index < -0.39 is 92.1 Å². The van der Waals surface area contributed by atoms with E-state index >= 15 is 0 Å². The summed E-state index contributed by atoms with van der Waals surface area (Å²) in [4.78, 5) is 80.3. The molecular weight excluding hydrogens is 878 g/mol. The summed E-state index contributed by atoms with van der Waals surface area (Å²) in [5, 5.41) is 41.8. The molecule has 4 rings (SSSR count). The number of carboxylic acid groups (broad SMARTS) is 3. The summed E-state index contributed by atoms with van der Waals surface area (Å²) >= 11 is 6.44. The van der Waals surface area contributed by atoms with Crippen molar-refractivity contribution in [1.29, 1.82) is 0 Å². The van der Waals surface area contributed by atoms with Crippen LogP contribution >= 0.6 is 30.5 Å². The SMILES string of the molecule is COc1nc(C)nc(NC(=O)NS(=O)(=O)c2ccsc2C(=O)O)n1.O=C(O)CNCP(=O)(O)O.O=C(O)c1cc(Oc2ccc(C(F)(F)F)cc2Cl)ccc1[N+](=O)[O-]. The van der Waals surface area contributed by atoms with E-state index in [-0.39, 0.29) is 34.3 Å². The number of amides is 2. The molecule has 0 fully saturated rings. The molecule has 8 N–H and O–H groups in total. The zero-order valence-electron chi connectivity index (χ0n) is 28.8. The largest absolute Gasteiger partial charge is 0.480 e. The van der Waals surface area contributed by atoms with Gasteiger partial charge in [0, 0.05) is 12.1 Å². The first-order valence-corrected chi connectivity index (χ1v) is 19.2. The third-order valence-corrected chi connectivity index (χ3v) is 9.29. The number of nitrogens with zero attached hydrogens (tertiary/aromatic N) is 4. The summed E-state index contributed by atoms with van der Waals surface area (Å²) < 4.78 is 83.6. The van der Waals surface area contributed by atoms with E-state index in [0.29, 0.717) is 6.07 Å². The molecule has 2 heterocycles. The molecule has 2 amide bonds. The van der Waals surface area contributed by atoms with Crippen molar-refractivity contribution in [2.24, 2.45) is 0 Å². The summed E-state index contributed by atoms with van der Waals surface area (Å²) in [6, 6.07) is 5.12. The summed E-state index contributed by atoms with van der Waals surface area (Å²) in [5.74, 6) is -4.38. The van der Waals surface area contributed by atoms with E-state index in [9.17, 15) is 55.4 Å². The Bertz CT molecular complexity index is 2350. The number of hydrogen-bond acceptors (Lipinski definition) is 16. The monoisotopic (exact) mass is 903 g/mol. The maximum Gasteiger partial charge on any atom is 0.416 e. The number of rotatable bonds is 13. The van der Waals surface area contributed by atoms with Gasteiger partial charge in [0.1, 0.15) is 32.7 Å². The van der Waals surface area contributed by atoms with Crippen LogP contribution in [0.4, 0.5) is 29.6 Å². The average Bonchev–Trinajstić information content (AvgIpc) is 3.60. The fourth-order valence-corrected chi connectivity index (χ4v) is 6.47. The molecule has 0 saturated heterocycles. The zero-order chi connectivity index (χ0) is 44.2. The third kappa shape index (κ3) is 15.5. The number of alkyl halides is 3. The van der Waals surface area contributed by atoms with Gasteiger partial charge >= 0.3 is 43.7 Å². The first-order valence-electron chi connectivity index (χ1n) is 14.7. The molecule has 0 spiro atoms. The number of thiophene rings is 1. The van der Waals surface area contributed by atoms with Crippen molar-refractivity contribution >= 4 is 76.1 Å². The number of aryl methyl sites for hydroxylation is 1. The van der Waals surface area contributed by atoms with Crippen LogP contribution in [0.25, 0.3) is 0 Å². The molecule has 0 saturated carbocycles. The van der Waals surface area contributed by atoms with E-state index in [1.54, 1.807) is 4.72 Å². The van der Waals surface area contributed by atoms with E-state index in [0.717, 1.165) is 47.7 Å². The molecular formula is C28H26ClF3N7O16PS2. The molecule has 4 aromatic rings. The number of halogens is 4. The molecule has 23 nitrogen and oxygen atoms in total. The molecule has 0 aliphatic heterocycles. The first kappa shape index (κ1) is 48.1. The van der Waals surface area contributed by atoms with Crippen molar-refractivity contribution < 1.29 is 84.8 Å². The second-order valence-corrected chi connectivity index (χ2v) is 14.9. The minimum absolute atomic E-state index is 0.0633. The van der Waals surface area contributed by atoms with Gasteiger partial charge in [-0.25, -0.2) is 27.5 Å². The number of aromatic nitrogens is 3. The van der Waals surface area contributed by atoms with Gasteiger partial charge in [0.05, 0.1) is 35.4 Å². The number of anilines is 1. The normalized spacial score (nSPS) is 11.1. The number of aliphatic carboxylic acids is 1. The molecule has 2 aromatic carbocycles. The van der Waals surface area contributed by atoms with E-state index in [1.807, 2.05) is 0 Å². The molecule has 314 valence electrons. The molecule has 58 heavy (non-hydrogen) atoms. The van der Waals surface area contributed by atoms with Crippen molar-refractivity contribution in [3.05, 3.63) is 84.8 Å². The summed E-state index contributed by atoms with van der Waals surface area (Å²) in [6.07, 6.45) is -5.18. The van der Waals surface area contributed by atoms with Crippen LogP contribution in [0.3, 0.4) is 0 Å². The number of sulfonamides is 1. The predicted molar refractivity (Wildman–Crippen MR) is 191 cm³/mol. The Balaban J connectivity index is 0.000000326. The number of urea groups is 1. The zero-order valence-corrected chi connectivity index (χ0v) is 32.1. The van der Waals surface area contributed by atoms with Gasteiger partial charge in [-0.1, -0.05) is 11.6 Å². The number of nitro groups is 1. The Labute approximate surface area is 330 Å². The van der Waals surface area contributed by atoms with Crippen LogP contribution in [-0.4, -0.2) is 97.3 Å². The second kappa shape index (κ2) is 20.4. The number of carbonyl (C=O) groups excluding carboxylic acids is 1. The summed E-state index contributed by atoms with van der Waals surface area (Å²) in [6.45, 7) is 1.08. The topological polar surface area (TPSA) is 357 Å². The standard InChI is InChI=1S/C14H7ClF3NO5.C11H11N5O6S2.C3H8NO5P/c15-10-5-7(14(16,17)18)1-4-12(10)24-8-2-3-11(19(22)23)9(6-8)13(20)21;1-5-12-9(15-11(13-5)22-2)14-10(19)16-24(20,21)6-3-4-23-7(6)8(17)18;5-3(6)1-4-2-10(7,8)9/h1-6H,(H,20,21);3-4H,1-2H3,(H,17,18)(H2,12,13,14,15,16,19);4H,1-2H2,(H,5,6)(H2,7,8,9). The van der Waals surface area contributed by atoms with Crippen molar-refractivity contribution in [3.8, 4) is 17.5 Å². The van der Waals surface area contributed by atoms with Crippen LogP contribution in [0.5, 0.6) is 17.5 Å². The van der Waals surface area contributed by atoms with Crippen LogP contribution in [0.15, 0.2) is 52.7 Å². The van der Waals surface area contributed by atoms with Crippen molar-refractivity contribution in [2.45, 2.75) is 18.0 Å². The Hall–Kier alpha value is -6.03.